The van der Waals surface area contributed by atoms with E-state index in [9.17, 15) is 4.79 Å². The number of amides is 1. The molecule has 4 rings (SSSR count). The van der Waals surface area contributed by atoms with Gasteiger partial charge in [0.15, 0.2) is 11.5 Å². The van der Waals surface area contributed by atoms with E-state index in [0.29, 0.717) is 35.3 Å². The summed E-state index contributed by atoms with van der Waals surface area (Å²) in [5, 5.41) is 3.54. The van der Waals surface area contributed by atoms with E-state index in [1.807, 2.05) is 25.1 Å². The summed E-state index contributed by atoms with van der Waals surface area (Å²) >= 11 is 5.96. The maximum absolute atomic E-state index is 12.5. The van der Waals surface area contributed by atoms with E-state index in [2.05, 4.69) is 10.3 Å². The van der Waals surface area contributed by atoms with E-state index in [0.717, 1.165) is 11.3 Å². The Balaban J connectivity index is 1.53. The Morgan fingerprint density at radius 1 is 1.20 bits per heavy atom. The van der Waals surface area contributed by atoms with E-state index in [1.165, 1.54) is 0 Å². The van der Waals surface area contributed by atoms with Crippen LogP contribution in [-0.4, -0.2) is 28.5 Å². The summed E-state index contributed by atoms with van der Waals surface area (Å²) in [5.74, 6) is 1.18. The average molecular weight is 358 g/mol. The third-order valence-electron chi connectivity index (χ3n) is 4.06. The van der Waals surface area contributed by atoms with Crippen molar-refractivity contribution < 1.29 is 14.3 Å². The van der Waals surface area contributed by atoms with Gasteiger partial charge in [0, 0.05) is 12.4 Å². The predicted octanol–water partition coefficient (Wildman–Crippen LogP) is 3.25. The van der Waals surface area contributed by atoms with Gasteiger partial charge >= 0.3 is 0 Å². The molecule has 1 aromatic carbocycles. The molecule has 0 unspecified atom stereocenters. The molecular formula is C18H16ClN3O3. The summed E-state index contributed by atoms with van der Waals surface area (Å²) < 4.78 is 12.8. The fourth-order valence-electron chi connectivity index (χ4n) is 2.76. The van der Waals surface area contributed by atoms with E-state index in [1.54, 1.807) is 28.9 Å². The maximum atomic E-state index is 12.5. The molecule has 0 saturated heterocycles. The fourth-order valence-corrected chi connectivity index (χ4v) is 2.93. The number of hydrogen-bond acceptors (Lipinski definition) is 4. The fraction of sp³-hybridized carbons (Fsp3) is 0.222. The molecule has 0 fully saturated rings. The van der Waals surface area contributed by atoms with Crippen LogP contribution in [0.25, 0.3) is 5.65 Å². The molecule has 7 heteroatoms. The molecule has 1 N–H and O–H groups in total. The first-order valence-electron chi connectivity index (χ1n) is 7.95. The molecule has 6 nitrogen and oxygen atoms in total. The second-order valence-electron chi connectivity index (χ2n) is 5.84. The zero-order valence-electron chi connectivity index (χ0n) is 13.5. The Hall–Kier alpha value is -2.73. The summed E-state index contributed by atoms with van der Waals surface area (Å²) in [4.78, 5) is 16.8. The number of carbonyl (C=O) groups excluding carboxylic acids is 1. The van der Waals surface area contributed by atoms with Crippen LogP contribution in [0.3, 0.4) is 0 Å². The van der Waals surface area contributed by atoms with Gasteiger partial charge in [-0.15, -0.1) is 0 Å². The Bertz CT molecular complexity index is 954. The van der Waals surface area contributed by atoms with Crippen LogP contribution in [0, 0.1) is 0 Å². The number of ether oxygens (including phenoxy) is 2. The minimum absolute atomic E-state index is 0.197. The third kappa shape index (κ3) is 3.13. The van der Waals surface area contributed by atoms with Crippen LogP contribution < -0.4 is 14.8 Å². The molecule has 0 spiro atoms. The van der Waals surface area contributed by atoms with Gasteiger partial charge in [0.25, 0.3) is 5.91 Å². The molecule has 25 heavy (non-hydrogen) atoms. The van der Waals surface area contributed by atoms with Gasteiger partial charge in [-0.2, -0.15) is 0 Å². The third-order valence-corrected chi connectivity index (χ3v) is 4.29. The molecule has 0 radical (unpaired) electrons. The molecule has 1 atom stereocenters. The van der Waals surface area contributed by atoms with Gasteiger partial charge in [-0.05, 0) is 36.8 Å². The lowest BCUT2D eigenvalue weighted by atomic mass is 10.1. The standard InChI is InChI=1S/C18H16ClN3O3/c1-11(12-2-4-15-16(8-12)25-7-6-24-15)20-18(23)14-10-22-9-13(19)3-5-17(22)21-14/h2-5,8-11H,6-7H2,1H3,(H,20,23)/t11-/m1/s1. The van der Waals surface area contributed by atoms with Crippen LogP contribution in [0.2, 0.25) is 5.02 Å². The molecule has 2 aromatic heterocycles. The van der Waals surface area contributed by atoms with Crippen molar-refractivity contribution in [3.63, 3.8) is 0 Å². The van der Waals surface area contributed by atoms with Gasteiger partial charge in [-0.3, -0.25) is 4.79 Å². The zero-order valence-corrected chi connectivity index (χ0v) is 14.3. The molecule has 1 aliphatic heterocycles. The molecule has 128 valence electrons. The first-order chi connectivity index (χ1) is 12.1. The van der Waals surface area contributed by atoms with Crippen LogP contribution in [0.5, 0.6) is 11.5 Å². The predicted molar refractivity (Wildman–Crippen MR) is 93.5 cm³/mol. The number of benzene rings is 1. The second-order valence-corrected chi connectivity index (χ2v) is 6.27. The molecule has 0 saturated carbocycles. The number of rotatable bonds is 3. The van der Waals surface area contributed by atoms with E-state index >= 15 is 0 Å². The van der Waals surface area contributed by atoms with Crippen molar-refractivity contribution in [1.29, 1.82) is 0 Å². The molecule has 0 bridgehead atoms. The number of nitrogens with zero attached hydrogens (tertiary/aromatic N) is 2. The van der Waals surface area contributed by atoms with Crippen molar-refractivity contribution in [2.24, 2.45) is 0 Å². The molecule has 1 amide bonds. The first kappa shape index (κ1) is 15.8. The molecule has 3 heterocycles. The topological polar surface area (TPSA) is 64.9 Å². The highest BCUT2D eigenvalue weighted by Gasteiger charge is 2.18. The van der Waals surface area contributed by atoms with Crippen molar-refractivity contribution in [2.75, 3.05) is 13.2 Å². The summed E-state index contributed by atoms with van der Waals surface area (Å²) in [6.07, 6.45) is 3.37. The second kappa shape index (κ2) is 6.29. The number of pyridine rings is 1. The highest BCUT2D eigenvalue weighted by molar-refractivity contribution is 6.30. The van der Waals surface area contributed by atoms with Crippen molar-refractivity contribution in [3.8, 4) is 11.5 Å². The first-order valence-corrected chi connectivity index (χ1v) is 8.32. The van der Waals surface area contributed by atoms with E-state index in [-0.39, 0.29) is 11.9 Å². The summed E-state index contributed by atoms with van der Waals surface area (Å²) in [5.41, 5.74) is 1.94. The largest absolute Gasteiger partial charge is 0.486 e. The van der Waals surface area contributed by atoms with Gasteiger partial charge < -0.3 is 19.2 Å². The van der Waals surface area contributed by atoms with E-state index < -0.39 is 0 Å². The normalized spacial score (nSPS) is 14.3. The highest BCUT2D eigenvalue weighted by atomic mass is 35.5. The Morgan fingerprint density at radius 2 is 2.00 bits per heavy atom. The molecule has 3 aromatic rings. The van der Waals surface area contributed by atoms with Crippen LogP contribution in [0.15, 0.2) is 42.7 Å². The molecule has 0 aliphatic carbocycles. The Labute approximate surface area is 149 Å². The Kier molecular flexibility index (Phi) is 3.97. The van der Waals surface area contributed by atoms with Gasteiger partial charge in [0.2, 0.25) is 0 Å². The number of halogens is 1. The smallest absolute Gasteiger partial charge is 0.271 e. The quantitative estimate of drug-likeness (QED) is 0.781. The minimum Gasteiger partial charge on any atom is -0.486 e. The molecular weight excluding hydrogens is 342 g/mol. The highest BCUT2D eigenvalue weighted by Crippen LogP contribution is 2.32. The van der Waals surface area contributed by atoms with Gasteiger partial charge in [0.05, 0.1) is 11.1 Å². The average Bonchev–Trinajstić information content (AvgIpc) is 3.04. The number of fused-ring (bicyclic) bond motifs is 2. The van der Waals surface area contributed by atoms with Crippen molar-refractivity contribution in [2.45, 2.75) is 13.0 Å². The SMILES string of the molecule is C[C@@H](NC(=O)c1cn2cc(Cl)ccc2n1)c1ccc2c(c1)OCCO2. The lowest BCUT2D eigenvalue weighted by Crippen LogP contribution is -2.27. The van der Waals surface area contributed by atoms with Crippen LogP contribution in [0.1, 0.15) is 29.0 Å². The zero-order chi connectivity index (χ0) is 17.4. The van der Waals surface area contributed by atoms with Gasteiger partial charge in [-0.25, -0.2) is 4.98 Å². The van der Waals surface area contributed by atoms with Crippen LogP contribution in [-0.2, 0) is 0 Å². The maximum Gasteiger partial charge on any atom is 0.271 e. The van der Waals surface area contributed by atoms with Crippen LogP contribution >= 0.6 is 11.6 Å². The number of imidazole rings is 1. The number of aromatic nitrogens is 2. The van der Waals surface area contributed by atoms with Crippen LogP contribution in [0.4, 0.5) is 0 Å². The van der Waals surface area contributed by atoms with Gasteiger partial charge in [0.1, 0.15) is 24.6 Å². The Morgan fingerprint density at radius 3 is 2.84 bits per heavy atom. The summed E-state index contributed by atoms with van der Waals surface area (Å²) in [6, 6.07) is 8.98. The molecule has 1 aliphatic rings. The number of hydrogen-bond donors (Lipinski definition) is 1. The van der Waals surface area contributed by atoms with Crippen molar-refractivity contribution >= 4 is 23.2 Å². The van der Waals surface area contributed by atoms with E-state index in [4.69, 9.17) is 21.1 Å². The monoisotopic (exact) mass is 357 g/mol. The lowest BCUT2D eigenvalue weighted by Gasteiger charge is -2.21. The number of nitrogens with one attached hydrogen (secondary N) is 1. The van der Waals surface area contributed by atoms with Gasteiger partial charge in [-0.1, -0.05) is 17.7 Å². The summed E-state index contributed by atoms with van der Waals surface area (Å²) in [6.45, 7) is 2.99. The number of carbonyl (C=O) groups is 1. The lowest BCUT2D eigenvalue weighted by molar-refractivity contribution is 0.0935. The minimum atomic E-state index is -0.248. The van der Waals surface area contributed by atoms with Crippen molar-refractivity contribution in [3.05, 3.63) is 59.0 Å². The van der Waals surface area contributed by atoms with Crippen molar-refractivity contribution in [1.82, 2.24) is 14.7 Å². The summed E-state index contributed by atoms with van der Waals surface area (Å²) in [7, 11) is 0.